The number of likely N-dealkylation sites (tertiary alicyclic amines) is 1. The summed E-state index contributed by atoms with van der Waals surface area (Å²) in [4.78, 5) is 26.0. The summed E-state index contributed by atoms with van der Waals surface area (Å²) < 4.78 is 10.1. The summed E-state index contributed by atoms with van der Waals surface area (Å²) in [6, 6.07) is 7.24. The molecule has 1 heterocycles. The number of Topliss-reactive ketones (excluding diaryl/α,β-unsaturated/α-hetero) is 1. The molecule has 0 amide bonds. The number of hydrogen-bond acceptors (Lipinski definition) is 5. The molecular weight excluding hydrogens is 282 g/mol. The number of benzene rings is 1. The van der Waals surface area contributed by atoms with Crippen LogP contribution in [0.4, 0.5) is 0 Å². The Hall–Kier alpha value is -1.88. The van der Waals surface area contributed by atoms with E-state index in [-0.39, 0.29) is 17.7 Å². The number of rotatable bonds is 6. The van der Waals surface area contributed by atoms with E-state index in [0.717, 1.165) is 37.2 Å². The lowest BCUT2D eigenvalue weighted by molar-refractivity contribution is -0.144. The molecule has 120 valence electrons. The SMILES string of the molecule is CCOC(=O)CN1CCC(C(=O)c2ccc(OC)cc2)CC1. The first-order chi connectivity index (χ1) is 10.6. The maximum Gasteiger partial charge on any atom is 0.320 e. The van der Waals surface area contributed by atoms with Gasteiger partial charge >= 0.3 is 5.97 Å². The van der Waals surface area contributed by atoms with E-state index >= 15 is 0 Å². The fourth-order valence-electron chi connectivity index (χ4n) is 2.73. The zero-order chi connectivity index (χ0) is 15.9. The number of ketones is 1. The van der Waals surface area contributed by atoms with Crippen LogP contribution in [0.1, 0.15) is 30.1 Å². The predicted molar refractivity (Wildman–Crippen MR) is 83.1 cm³/mol. The number of methoxy groups -OCH3 is 1. The van der Waals surface area contributed by atoms with Gasteiger partial charge in [-0.3, -0.25) is 14.5 Å². The smallest absolute Gasteiger partial charge is 0.320 e. The van der Waals surface area contributed by atoms with Crippen molar-refractivity contribution in [1.82, 2.24) is 4.90 Å². The highest BCUT2D eigenvalue weighted by Gasteiger charge is 2.26. The number of esters is 1. The average molecular weight is 305 g/mol. The number of carbonyl (C=O) groups is 2. The van der Waals surface area contributed by atoms with Gasteiger partial charge in [-0.1, -0.05) is 0 Å². The third-order valence-corrected chi connectivity index (χ3v) is 3.99. The van der Waals surface area contributed by atoms with Gasteiger partial charge in [0.1, 0.15) is 5.75 Å². The van der Waals surface area contributed by atoms with Gasteiger partial charge in [0.2, 0.25) is 0 Å². The fourth-order valence-corrected chi connectivity index (χ4v) is 2.73. The quantitative estimate of drug-likeness (QED) is 0.595. The normalized spacial score (nSPS) is 16.3. The Kier molecular flexibility index (Phi) is 5.95. The van der Waals surface area contributed by atoms with Crippen molar-refractivity contribution in [3.63, 3.8) is 0 Å². The lowest BCUT2D eigenvalue weighted by atomic mass is 9.89. The average Bonchev–Trinajstić information content (AvgIpc) is 2.55. The number of hydrogen-bond donors (Lipinski definition) is 0. The molecule has 1 aromatic carbocycles. The van der Waals surface area contributed by atoms with Crippen molar-refractivity contribution in [3.8, 4) is 5.75 Å². The van der Waals surface area contributed by atoms with Crippen LogP contribution in [-0.4, -0.2) is 50.0 Å². The molecule has 0 aliphatic carbocycles. The lowest BCUT2D eigenvalue weighted by Crippen LogP contribution is -2.39. The van der Waals surface area contributed by atoms with Crippen molar-refractivity contribution in [2.45, 2.75) is 19.8 Å². The molecule has 0 spiro atoms. The summed E-state index contributed by atoms with van der Waals surface area (Å²) in [7, 11) is 1.61. The standard InChI is InChI=1S/C17H23NO4/c1-3-22-16(19)12-18-10-8-14(9-11-18)17(20)13-4-6-15(21-2)7-5-13/h4-7,14H,3,8-12H2,1-2H3. The van der Waals surface area contributed by atoms with Gasteiger partial charge < -0.3 is 9.47 Å². The van der Waals surface area contributed by atoms with Crippen LogP contribution in [-0.2, 0) is 9.53 Å². The van der Waals surface area contributed by atoms with Crippen LogP contribution in [0.25, 0.3) is 0 Å². The van der Waals surface area contributed by atoms with Crippen molar-refractivity contribution >= 4 is 11.8 Å². The van der Waals surface area contributed by atoms with Crippen LogP contribution in [0.2, 0.25) is 0 Å². The maximum absolute atomic E-state index is 12.5. The molecule has 1 aromatic rings. The first-order valence-electron chi connectivity index (χ1n) is 7.70. The third-order valence-electron chi connectivity index (χ3n) is 3.99. The van der Waals surface area contributed by atoms with Crippen LogP contribution >= 0.6 is 0 Å². The molecule has 0 saturated carbocycles. The maximum atomic E-state index is 12.5. The third kappa shape index (κ3) is 4.31. The summed E-state index contributed by atoms with van der Waals surface area (Å²) in [5.41, 5.74) is 0.727. The van der Waals surface area contributed by atoms with Crippen LogP contribution in [0.5, 0.6) is 5.75 Å². The van der Waals surface area contributed by atoms with Gasteiger partial charge in [-0.15, -0.1) is 0 Å². The van der Waals surface area contributed by atoms with E-state index in [9.17, 15) is 9.59 Å². The van der Waals surface area contributed by atoms with Crippen LogP contribution < -0.4 is 4.74 Å². The van der Waals surface area contributed by atoms with E-state index < -0.39 is 0 Å². The van der Waals surface area contributed by atoms with Gasteiger partial charge in [0.25, 0.3) is 0 Å². The Morgan fingerprint density at radius 3 is 2.36 bits per heavy atom. The molecule has 2 rings (SSSR count). The van der Waals surface area contributed by atoms with E-state index in [1.807, 2.05) is 24.3 Å². The van der Waals surface area contributed by atoms with Crippen molar-refractivity contribution in [2.24, 2.45) is 5.92 Å². The van der Waals surface area contributed by atoms with E-state index in [1.54, 1.807) is 14.0 Å². The lowest BCUT2D eigenvalue weighted by Gasteiger charge is -2.30. The molecule has 0 atom stereocenters. The van der Waals surface area contributed by atoms with Crippen LogP contribution in [0.15, 0.2) is 24.3 Å². The highest BCUT2D eigenvalue weighted by atomic mass is 16.5. The van der Waals surface area contributed by atoms with E-state index in [4.69, 9.17) is 9.47 Å². The number of nitrogens with zero attached hydrogens (tertiary/aromatic N) is 1. The topological polar surface area (TPSA) is 55.8 Å². The Morgan fingerprint density at radius 2 is 1.82 bits per heavy atom. The Morgan fingerprint density at radius 1 is 1.18 bits per heavy atom. The second-order valence-electron chi connectivity index (χ2n) is 5.45. The molecule has 1 aliphatic heterocycles. The molecule has 0 bridgehead atoms. The van der Waals surface area contributed by atoms with Crippen LogP contribution in [0, 0.1) is 5.92 Å². The highest BCUT2D eigenvalue weighted by molar-refractivity contribution is 5.98. The molecule has 5 heteroatoms. The van der Waals surface area contributed by atoms with Crippen molar-refractivity contribution in [1.29, 1.82) is 0 Å². The number of ether oxygens (including phenoxy) is 2. The molecule has 0 aromatic heterocycles. The van der Waals surface area contributed by atoms with Gasteiger partial charge in [0, 0.05) is 11.5 Å². The van der Waals surface area contributed by atoms with Gasteiger partial charge in [0.05, 0.1) is 20.3 Å². The molecule has 5 nitrogen and oxygen atoms in total. The summed E-state index contributed by atoms with van der Waals surface area (Å²) in [6.45, 7) is 4.04. The summed E-state index contributed by atoms with van der Waals surface area (Å²) in [6.07, 6.45) is 1.56. The zero-order valence-electron chi connectivity index (χ0n) is 13.2. The first kappa shape index (κ1) is 16.5. The minimum atomic E-state index is -0.192. The Balaban J connectivity index is 1.85. The molecule has 1 fully saturated rings. The van der Waals surface area contributed by atoms with E-state index in [0.29, 0.717) is 13.2 Å². The second-order valence-corrected chi connectivity index (χ2v) is 5.45. The highest BCUT2D eigenvalue weighted by Crippen LogP contribution is 2.23. The molecule has 0 unspecified atom stereocenters. The van der Waals surface area contributed by atoms with Gasteiger partial charge in [-0.2, -0.15) is 0 Å². The predicted octanol–water partition coefficient (Wildman–Crippen LogP) is 2.15. The van der Waals surface area contributed by atoms with Crippen LogP contribution in [0.3, 0.4) is 0 Å². The molecule has 0 radical (unpaired) electrons. The minimum absolute atomic E-state index is 0.0341. The van der Waals surface area contributed by atoms with E-state index in [1.165, 1.54) is 0 Å². The van der Waals surface area contributed by atoms with Crippen molar-refractivity contribution < 1.29 is 19.1 Å². The Bertz CT molecular complexity index is 504. The van der Waals surface area contributed by atoms with Gasteiger partial charge in [-0.05, 0) is 57.1 Å². The summed E-state index contributed by atoms with van der Waals surface area (Å²) in [5, 5.41) is 0. The summed E-state index contributed by atoms with van der Waals surface area (Å²) >= 11 is 0. The molecule has 22 heavy (non-hydrogen) atoms. The van der Waals surface area contributed by atoms with Gasteiger partial charge in [-0.25, -0.2) is 0 Å². The largest absolute Gasteiger partial charge is 0.497 e. The summed E-state index contributed by atoms with van der Waals surface area (Å²) in [5.74, 6) is 0.772. The molecular formula is C17H23NO4. The second kappa shape index (κ2) is 7.94. The molecule has 1 saturated heterocycles. The van der Waals surface area contributed by atoms with E-state index in [2.05, 4.69) is 4.90 Å². The number of carbonyl (C=O) groups excluding carboxylic acids is 2. The Labute approximate surface area is 131 Å². The zero-order valence-corrected chi connectivity index (χ0v) is 13.2. The first-order valence-corrected chi connectivity index (χ1v) is 7.70. The molecule has 0 N–H and O–H groups in total. The molecule has 1 aliphatic rings. The van der Waals surface area contributed by atoms with Crippen molar-refractivity contribution in [2.75, 3.05) is 33.4 Å². The monoisotopic (exact) mass is 305 g/mol. The number of piperidine rings is 1. The fraction of sp³-hybridized carbons (Fsp3) is 0.529. The van der Waals surface area contributed by atoms with Gasteiger partial charge in [0.15, 0.2) is 5.78 Å². The van der Waals surface area contributed by atoms with Crippen molar-refractivity contribution in [3.05, 3.63) is 29.8 Å². The minimum Gasteiger partial charge on any atom is -0.497 e.